The van der Waals surface area contributed by atoms with Crippen molar-refractivity contribution >= 4 is 0 Å². The molecule has 2 aromatic carbocycles. The molecule has 0 amide bonds. The lowest BCUT2D eigenvalue weighted by atomic mass is 10.2. The first-order valence-corrected chi connectivity index (χ1v) is 7.57. The van der Waals surface area contributed by atoms with Crippen molar-refractivity contribution in [1.82, 2.24) is 9.55 Å². The highest BCUT2D eigenvalue weighted by atomic mass is 16.5. The highest BCUT2D eigenvalue weighted by Gasteiger charge is 2.03. The summed E-state index contributed by atoms with van der Waals surface area (Å²) in [6.45, 7) is 4.78. The minimum absolute atomic E-state index is 0.588. The van der Waals surface area contributed by atoms with Crippen molar-refractivity contribution in [2.45, 2.75) is 26.9 Å². The van der Waals surface area contributed by atoms with Gasteiger partial charge in [0, 0.05) is 24.5 Å². The van der Waals surface area contributed by atoms with Gasteiger partial charge in [-0.3, -0.25) is 0 Å². The monoisotopic (exact) mass is 292 g/mol. The SMILES string of the molecule is CCc1nccn1-c1ccc(OCc2ccc(C)cc2)cc1. The first-order valence-electron chi connectivity index (χ1n) is 7.57. The van der Waals surface area contributed by atoms with Crippen LogP contribution in [0.25, 0.3) is 5.69 Å². The van der Waals surface area contributed by atoms with Crippen LogP contribution in [0, 0.1) is 6.92 Å². The molecule has 3 rings (SSSR count). The second-order valence-electron chi connectivity index (χ2n) is 5.34. The van der Waals surface area contributed by atoms with Gasteiger partial charge in [0.25, 0.3) is 0 Å². The number of nitrogens with zero attached hydrogens (tertiary/aromatic N) is 2. The van der Waals surface area contributed by atoms with Gasteiger partial charge >= 0.3 is 0 Å². The number of aromatic nitrogens is 2. The van der Waals surface area contributed by atoms with Crippen molar-refractivity contribution in [2.24, 2.45) is 0 Å². The minimum Gasteiger partial charge on any atom is -0.489 e. The Bertz CT molecular complexity index is 727. The summed E-state index contributed by atoms with van der Waals surface area (Å²) in [5.74, 6) is 1.94. The van der Waals surface area contributed by atoms with Gasteiger partial charge in [-0.05, 0) is 36.8 Å². The summed E-state index contributed by atoms with van der Waals surface area (Å²) in [6.07, 6.45) is 4.74. The lowest BCUT2D eigenvalue weighted by Gasteiger charge is -2.09. The summed E-state index contributed by atoms with van der Waals surface area (Å²) < 4.78 is 7.94. The van der Waals surface area contributed by atoms with Crippen molar-refractivity contribution in [3.63, 3.8) is 0 Å². The average Bonchev–Trinajstić information content (AvgIpc) is 3.03. The standard InChI is InChI=1S/C19H20N2O/c1-3-19-20-12-13-21(19)17-8-10-18(11-9-17)22-14-16-6-4-15(2)5-7-16/h4-13H,3,14H2,1-2H3. The number of hydrogen-bond donors (Lipinski definition) is 0. The second kappa shape index (κ2) is 6.48. The topological polar surface area (TPSA) is 27.1 Å². The quantitative estimate of drug-likeness (QED) is 0.700. The van der Waals surface area contributed by atoms with Gasteiger partial charge in [-0.15, -0.1) is 0 Å². The molecule has 0 atom stereocenters. The Morgan fingerprint density at radius 1 is 1.00 bits per heavy atom. The molecule has 0 fully saturated rings. The number of imidazole rings is 1. The van der Waals surface area contributed by atoms with Gasteiger partial charge in [0.1, 0.15) is 18.2 Å². The zero-order valence-corrected chi connectivity index (χ0v) is 13.0. The van der Waals surface area contributed by atoms with Crippen LogP contribution >= 0.6 is 0 Å². The van der Waals surface area contributed by atoms with E-state index >= 15 is 0 Å². The van der Waals surface area contributed by atoms with E-state index in [9.17, 15) is 0 Å². The first-order chi connectivity index (χ1) is 10.8. The summed E-state index contributed by atoms with van der Waals surface area (Å²) in [7, 11) is 0. The van der Waals surface area contributed by atoms with Gasteiger partial charge in [-0.1, -0.05) is 36.8 Å². The van der Waals surface area contributed by atoms with E-state index in [4.69, 9.17) is 4.74 Å². The summed E-state index contributed by atoms with van der Waals surface area (Å²) >= 11 is 0. The van der Waals surface area contributed by atoms with Crippen LogP contribution in [-0.4, -0.2) is 9.55 Å². The van der Waals surface area contributed by atoms with Gasteiger partial charge in [0.2, 0.25) is 0 Å². The number of hydrogen-bond acceptors (Lipinski definition) is 2. The van der Waals surface area contributed by atoms with Crippen LogP contribution < -0.4 is 4.74 Å². The van der Waals surface area contributed by atoms with Crippen molar-refractivity contribution in [1.29, 1.82) is 0 Å². The first kappa shape index (κ1) is 14.4. The Hall–Kier alpha value is -2.55. The maximum absolute atomic E-state index is 5.84. The van der Waals surface area contributed by atoms with Crippen molar-refractivity contribution in [3.8, 4) is 11.4 Å². The fourth-order valence-corrected chi connectivity index (χ4v) is 2.38. The van der Waals surface area contributed by atoms with E-state index < -0.39 is 0 Å². The molecule has 3 nitrogen and oxygen atoms in total. The van der Waals surface area contributed by atoms with E-state index in [-0.39, 0.29) is 0 Å². The van der Waals surface area contributed by atoms with Crippen molar-refractivity contribution in [2.75, 3.05) is 0 Å². The summed E-state index contributed by atoms with van der Waals surface area (Å²) in [6, 6.07) is 16.5. The number of benzene rings is 2. The van der Waals surface area contributed by atoms with Crippen LogP contribution in [0.1, 0.15) is 23.9 Å². The zero-order chi connectivity index (χ0) is 15.4. The van der Waals surface area contributed by atoms with Crippen LogP contribution in [0.15, 0.2) is 60.9 Å². The van der Waals surface area contributed by atoms with Gasteiger partial charge in [0.05, 0.1) is 0 Å². The predicted molar refractivity (Wildman–Crippen MR) is 88.5 cm³/mol. The molecule has 0 saturated heterocycles. The zero-order valence-electron chi connectivity index (χ0n) is 13.0. The van der Waals surface area contributed by atoms with Crippen molar-refractivity contribution in [3.05, 3.63) is 77.9 Å². The lowest BCUT2D eigenvalue weighted by molar-refractivity contribution is 0.306. The maximum Gasteiger partial charge on any atom is 0.119 e. The van der Waals surface area contributed by atoms with E-state index in [0.717, 1.165) is 23.7 Å². The third-order valence-corrected chi connectivity index (χ3v) is 3.67. The molecule has 0 aliphatic rings. The van der Waals surface area contributed by atoms with E-state index in [1.54, 1.807) is 0 Å². The van der Waals surface area contributed by atoms with Crippen molar-refractivity contribution < 1.29 is 4.74 Å². The summed E-state index contributed by atoms with van der Waals surface area (Å²) in [4.78, 5) is 4.35. The molecule has 0 unspecified atom stereocenters. The summed E-state index contributed by atoms with van der Waals surface area (Å²) in [5.41, 5.74) is 3.55. The Labute approximate surface area is 131 Å². The molecule has 3 aromatic rings. The number of ether oxygens (including phenoxy) is 1. The number of aryl methyl sites for hydroxylation is 2. The molecule has 0 bridgehead atoms. The van der Waals surface area contributed by atoms with Crippen LogP contribution in [0.2, 0.25) is 0 Å². The molecule has 0 aliphatic heterocycles. The molecule has 22 heavy (non-hydrogen) atoms. The third-order valence-electron chi connectivity index (χ3n) is 3.67. The molecule has 1 heterocycles. The van der Waals surface area contributed by atoms with Crippen LogP contribution in [-0.2, 0) is 13.0 Å². The Morgan fingerprint density at radius 3 is 2.41 bits per heavy atom. The van der Waals surface area contributed by atoms with Gasteiger partial charge in [-0.2, -0.15) is 0 Å². The van der Waals surface area contributed by atoms with Crippen LogP contribution in [0.5, 0.6) is 5.75 Å². The normalized spacial score (nSPS) is 10.6. The molecule has 0 aliphatic carbocycles. The van der Waals surface area contributed by atoms with Gasteiger partial charge < -0.3 is 9.30 Å². The fraction of sp³-hybridized carbons (Fsp3) is 0.211. The molecule has 1 aromatic heterocycles. The second-order valence-corrected chi connectivity index (χ2v) is 5.34. The predicted octanol–water partition coefficient (Wildman–Crippen LogP) is 4.32. The smallest absolute Gasteiger partial charge is 0.119 e. The minimum atomic E-state index is 0.588. The molecule has 3 heteroatoms. The van der Waals surface area contributed by atoms with E-state index in [1.165, 1.54) is 11.1 Å². The van der Waals surface area contributed by atoms with E-state index in [0.29, 0.717) is 6.61 Å². The third kappa shape index (κ3) is 3.19. The maximum atomic E-state index is 5.84. The van der Waals surface area contributed by atoms with E-state index in [1.807, 2.05) is 24.5 Å². The molecule has 112 valence electrons. The molecular formula is C19H20N2O. The Kier molecular flexibility index (Phi) is 4.24. The largest absolute Gasteiger partial charge is 0.489 e. The number of rotatable bonds is 5. The average molecular weight is 292 g/mol. The molecule has 0 N–H and O–H groups in total. The fourth-order valence-electron chi connectivity index (χ4n) is 2.38. The molecule has 0 saturated carbocycles. The molecular weight excluding hydrogens is 272 g/mol. The summed E-state index contributed by atoms with van der Waals surface area (Å²) in [5, 5.41) is 0. The van der Waals surface area contributed by atoms with Crippen LogP contribution in [0.4, 0.5) is 0 Å². The lowest BCUT2D eigenvalue weighted by Crippen LogP contribution is -1.99. The van der Waals surface area contributed by atoms with Gasteiger partial charge in [-0.25, -0.2) is 4.98 Å². The Balaban J connectivity index is 1.68. The Morgan fingerprint density at radius 2 is 1.73 bits per heavy atom. The van der Waals surface area contributed by atoms with E-state index in [2.05, 4.69) is 59.8 Å². The van der Waals surface area contributed by atoms with Crippen LogP contribution in [0.3, 0.4) is 0 Å². The van der Waals surface area contributed by atoms with Gasteiger partial charge in [0.15, 0.2) is 0 Å². The molecule has 0 radical (unpaired) electrons. The molecule has 0 spiro atoms. The highest BCUT2D eigenvalue weighted by Crippen LogP contribution is 2.18. The highest BCUT2D eigenvalue weighted by molar-refractivity contribution is 5.38.